The molecule has 1 aliphatic heterocycles. The highest BCUT2D eigenvalue weighted by Crippen LogP contribution is 2.43. The summed E-state index contributed by atoms with van der Waals surface area (Å²) in [6.45, 7) is 6.42. The maximum Gasteiger partial charge on any atom is 0.0100 e. The molecule has 16 heavy (non-hydrogen) atoms. The summed E-state index contributed by atoms with van der Waals surface area (Å²) in [5.41, 5.74) is 0.645. The van der Waals surface area contributed by atoms with Crippen LogP contribution in [0.4, 0.5) is 0 Å². The van der Waals surface area contributed by atoms with E-state index in [4.69, 9.17) is 0 Å². The fourth-order valence-corrected chi connectivity index (χ4v) is 4.01. The number of alkyl halides is 1. The first-order valence-corrected chi connectivity index (χ1v) is 8.18. The first-order valence-electron chi connectivity index (χ1n) is 7.06. The third-order valence-corrected chi connectivity index (χ3v) is 5.96. The molecule has 0 radical (unpaired) electrons. The van der Waals surface area contributed by atoms with Gasteiger partial charge in [-0.2, -0.15) is 0 Å². The Morgan fingerprint density at radius 1 is 1.19 bits per heavy atom. The van der Waals surface area contributed by atoms with Gasteiger partial charge >= 0.3 is 0 Å². The summed E-state index contributed by atoms with van der Waals surface area (Å²) in [4.78, 5) is 2.75. The Morgan fingerprint density at radius 2 is 2.00 bits per heavy atom. The minimum Gasteiger partial charge on any atom is -0.303 e. The van der Waals surface area contributed by atoms with Crippen LogP contribution in [0.5, 0.6) is 0 Å². The zero-order valence-corrected chi connectivity index (χ0v) is 12.3. The van der Waals surface area contributed by atoms with E-state index in [9.17, 15) is 0 Å². The van der Waals surface area contributed by atoms with Crippen LogP contribution in [0.1, 0.15) is 51.9 Å². The quantitative estimate of drug-likeness (QED) is 0.705. The van der Waals surface area contributed by atoms with Crippen molar-refractivity contribution in [3.8, 4) is 0 Å². The van der Waals surface area contributed by atoms with Gasteiger partial charge in [0, 0.05) is 11.9 Å². The Kier molecular flexibility index (Phi) is 4.72. The molecule has 1 saturated heterocycles. The van der Waals surface area contributed by atoms with Crippen LogP contribution >= 0.6 is 15.9 Å². The fraction of sp³-hybridized carbons (Fsp3) is 1.00. The normalized spacial score (nSPS) is 30.8. The van der Waals surface area contributed by atoms with E-state index in [0.717, 1.165) is 5.92 Å². The van der Waals surface area contributed by atoms with Crippen molar-refractivity contribution >= 4 is 15.9 Å². The second kappa shape index (κ2) is 5.86. The second-order valence-corrected chi connectivity index (χ2v) is 6.53. The zero-order chi connectivity index (χ0) is 11.4. The molecule has 0 N–H and O–H groups in total. The van der Waals surface area contributed by atoms with Gasteiger partial charge in [0.05, 0.1) is 0 Å². The molecule has 0 aromatic heterocycles. The smallest absolute Gasteiger partial charge is 0.0100 e. The van der Waals surface area contributed by atoms with E-state index in [1.165, 1.54) is 69.9 Å². The lowest BCUT2D eigenvalue weighted by Gasteiger charge is -2.44. The summed E-state index contributed by atoms with van der Waals surface area (Å²) in [6.07, 6.45) is 10.1. The number of rotatable bonds is 4. The van der Waals surface area contributed by atoms with E-state index >= 15 is 0 Å². The van der Waals surface area contributed by atoms with Crippen molar-refractivity contribution in [2.24, 2.45) is 11.3 Å². The molecular weight excluding hydrogens is 262 g/mol. The third-order valence-electron chi connectivity index (χ3n) is 4.77. The van der Waals surface area contributed by atoms with Crippen LogP contribution in [0.2, 0.25) is 0 Å². The van der Waals surface area contributed by atoms with Crippen LogP contribution < -0.4 is 0 Å². The molecule has 2 rings (SSSR count). The molecule has 0 bridgehead atoms. The van der Waals surface area contributed by atoms with Gasteiger partial charge in [-0.3, -0.25) is 0 Å². The minimum absolute atomic E-state index is 0.645. The van der Waals surface area contributed by atoms with Crippen molar-refractivity contribution in [3.05, 3.63) is 0 Å². The van der Waals surface area contributed by atoms with E-state index in [0.29, 0.717) is 5.41 Å². The Balaban J connectivity index is 1.81. The van der Waals surface area contributed by atoms with E-state index < -0.39 is 0 Å². The molecular formula is C14H26BrN. The predicted molar refractivity (Wildman–Crippen MR) is 74.2 cm³/mol. The molecule has 94 valence electrons. The molecule has 0 aromatic rings. The number of hydrogen-bond donors (Lipinski definition) is 0. The van der Waals surface area contributed by atoms with Crippen molar-refractivity contribution in [1.29, 1.82) is 0 Å². The van der Waals surface area contributed by atoms with Crippen LogP contribution in [0, 0.1) is 11.3 Å². The molecule has 1 nitrogen and oxygen atoms in total. The van der Waals surface area contributed by atoms with Crippen LogP contribution in [0.25, 0.3) is 0 Å². The van der Waals surface area contributed by atoms with Gasteiger partial charge in [0.25, 0.3) is 0 Å². The first-order chi connectivity index (χ1) is 7.78. The minimum atomic E-state index is 0.645. The number of hydrogen-bond acceptors (Lipinski definition) is 1. The van der Waals surface area contributed by atoms with E-state index in [2.05, 4.69) is 27.8 Å². The lowest BCUT2D eigenvalue weighted by molar-refractivity contribution is 0.0925. The van der Waals surface area contributed by atoms with Gasteiger partial charge in [-0.15, -0.1) is 0 Å². The molecule has 2 aliphatic rings. The SMILES string of the molecule is CCC1CCCN(CC2(CBr)CCC2)CC1. The topological polar surface area (TPSA) is 3.24 Å². The zero-order valence-electron chi connectivity index (χ0n) is 10.7. The Morgan fingerprint density at radius 3 is 2.56 bits per heavy atom. The second-order valence-electron chi connectivity index (χ2n) is 5.97. The third kappa shape index (κ3) is 3.01. The van der Waals surface area contributed by atoms with E-state index in [1.807, 2.05) is 0 Å². The van der Waals surface area contributed by atoms with Gasteiger partial charge < -0.3 is 4.90 Å². The van der Waals surface area contributed by atoms with E-state index in [-0.39, 0.29) is 0 Å². The Bertz CT molecular complexity index is 207. The maximum atomic E-state index is 3.73. The maximum absolute atomic E-state index is 3.73. The Hall–Kier alpha value is 0.440. The van der Waals surface area contributed by atoms with Crippen molar-refractivity contribution in [2.45, 2.75) is 51.9 Å². The van der Waals surface area contributed by atoms with Crippen molar-refractivity contribution in [1.82, 2.24) is 4.90 Å². The number of halogens is 1. The molecule has 0 aromatic carbocycles. The molecule has 1 unspecified atom stereocenters. The molecule has 2 fully saturated rings. The van der Waals surface area contributed by atoms with Gasteiger partial charge in [-0.05, 0) is 56.5 Å². The molecule has 1 aliphatic carbocycles. The molecule has 1 atom stereocenters. The molecule has 0 amide bonds. The lowest BCUT2D eigenvalue weighted by atomic mass is 9.70. The lowest BCUT2D eigenvalue weighted by Crippen LogP contribution is -2.44. The summed E-state index contributed by atoms with van der Waals surface area (Å²) in [5.74, 6) is 1.01. The largest absolute Gasteiger partial charge is 0.303 e. The standard InChI is InChI=1S/C14H26BrN/c1-2-13-5-3-9-16(10-6-13)12-14(11-15)7-4-8-14/h13H,2-12H2,1H3. The Labute approximate surface area is 109 Å². The average Bonchev–Trinajstić information content (AvgIpc) is 2.48. The van der Waals surface area contributed by atoms with Crippen LogP contribution in [0.15, 0.2) is 0 Å². The summed E-state index contributed by atoms with van der Waals surface area (Å²) in [5, 5.41) is 1.22. The molecule has 1 saturated carbocycles. The number of likely N-dealkylation sites (tertiary alicyclic amines) is 1. The fourth-order valence-electron chi connectivity index (χ4n) is 3.28. The van der Waals surface area contributed by atoms with Crippen LogP contribution in [-0.4, -0.2) is 29.9 Å². The van der Waals surface area contributed by atoms with Gasteiger partial charge in [-0.25, -0.2) is 0 Å². The highest BCUT2D eigenvalue weighted by atomic mass is 79.9. The molecule has 2 heteroatoms. The van der Waals surface area contributed by atoms with Crippen molar-refractivity contribution in [3.63, 3.8) is 0 Å². The summed E-state index contributed by atoms with van der Waals surface area (Å²) >= 11 is 3.73. The van der Waals surface area contributed by atoms with Gasteiger partial charge in [0.2, 0.25) is 0 Å². The van der Waals surface area contributed by atoms with Gasteiger partial charge in [-0.1, -0.05) is 35.7 Å². The highest BCUT2D eigenvalue weighted by Gasteiger charge is 2.37. The van der Waals surface area contributed by atoms with Crippen LogP contribution in [-0.2, 0) is 0 Å². The van der Waals surface area contributed by atoms with E-state index in [1.54, 1.807) is 0 Å². The first kappa shape index (κ1) is 12.9. The molecule has 0 spiro atoms. The molecule has 1 heterocycles. The average molecular weight is 288 g/mol. The van der Waals surface area contributed by atoms with Gasteiger partial charge in [0.1, 0.15) is 0 Å². The number of nitrogens with zero attached hydrogens (tertiary/aromatic N) is 1. The van der Waals surface area contributed by atoms with Gasteiger partial charge in [0.15, 0.2) is 0 Å². The monoisotopic (exact) mass is 287 g/mol. The highest BCUT2D eigenvalue weighted by molar-refractivity contribution is 9.09. The van der Waals surface area contributed by atoms with Crippen molar-refractivity contribution in [2.75, 3.05) is 25.0 Å². The summed E-state index contributed by atoms with van der Waals surface area (Å²) in [7, 11) is 0. The summed E-state index contributed by atoms with van der Waals surface area (Å²) < 4.78 is 0. The van der Waals surface area contributed by atoms with Crippen molar-refractivity contribution < 1.29 is 0 Å². The van der Waals surface area contributed by atoms with Crippen LogP contribution in [0.3, 0.4) is 0 Å². The predicted octanol–water partition coefficient (Wildman–Crippen LogP) is 4.06. The summed E-state index contributed by atoms with van der Waals surface area (Å²) in [6, 6.07) is 0.